The summed E-state index contributed by atoms with van der Waals surface area (Å²) in [4.78, 5) is 25.4. The van der Waals surface area contributed by atoms with Crippen LogP contribution < -0.4 is 4.74 Å². The molecule has 0 unspecified atom stereocenters. The Morgan fingerprint density at radius 1 is 1.12 bits per heavy atom. The van der Waals surface area contributed by atoms with E-state index in [0.29, 0.717) is 17.2 Å². The van der Waals surface area contributed by atoms with E-state index in [-0.39, 0.29) is 19.1 Å². The molecule has 1 amide bonds. The van der Waals surface area contributed by atoms with Crippen molar-refractivity contribution in [1.82, 2.24) is 4.90 Å². The van der Waals surface area contributed by atoms with Crippen molar-refractivity contribution in [3.63, 3.8) is 0 Å². The second-order valence-corrected chi connectivity index (χ2v) is 6.03. The maximum atomic E-state index is 12.5. The first-order chi connectivity index (χ1) is 11.5. The van der Waals surface area contributed by atoms with Crippen LogP contribution in [-0.4, -0.2) is 34.5 Å². The molecule has 124 valence electrons. The molecule has 2 aromatic rings. The van der Waals surface area contributed by atoms with Gasteiger partial charge in [0, 0.05) is 18.0 Å². The van der Waals surface area contributed by atoms with E-state index in [0.717, 1.165) is 11.1 Å². The minimum absolute atomic E-state index is 0.215. The zero-order valence-corrected chi connectivity index (χ0v) is 13.6. The van der Waals surface area contributed by atoms with Crippen LogP contribution in [0.15, 0.2) is 48.5 Å². The lowest BCUT2D eigenvalue weighted by Crippen LogP contribution is -2.50. The summed E-state index contributed by atoms with van der Waals surface area (Å²) in [7, 11) is 0. The van der Waals surface area contributed by atoms with Crippen molar-refractivity contribution in [2.45, 2.75) is 19.0 Å². The number of amides is 1. The van der Waals surface area contributed by atoms with E-state index in [4.69, 9.17) is 16.3 Å². The summed E-state index contributed by atoms with van der Waals surface area (Å²) in [6, 6.07) is 13.3. The Kier molecular flexibility index (Phi) is 4.71. The van der Waals surface area contributed by atoms with Crippen molar-refractivity contribution >= 4 is 23.5 Å². The van der Waals surface area contributed by atoms with Gasteiger partial charge in [-0.25, -0.2) is 4.79 Å². The molecule has 0 bridgehead atoms. The zero-order valence-electron chi connectivity index (χ0n) is 12.8. The van der Waals surface area contributed by atoms with Crippen LogP contribution in [0, 0.1) is 0 Å². The lowest BCUT2D eigenvalue weighted by Gasteiger charge is -2.34. The molecule has 2 aromatic carbocycles. The smallest absolute Gasteiger partial charge is 0.326 e. The Labute approximate surface area is 144 Å². The first-order valence-electron chi connectivity index (χ1n) is 7.52. The third-order valence-corrected chi connectivity index (χ3v) is 4.28. The number of aliphatic carboxylic acids is 1. The average Bonchev–Trinajstić information content (AvgIpc) is 2.59. The number of benzene rings is 2. The van der Waals surface area contributed by atoms with Crippen molar-refractivity contribution < 1.29 is 19.4 Å². The number of hydrogen-bond acceptors (Lipinski definition) is 3. The van der Waals surface area contributed by atoms with Gasteiger partial charge in [0.05, 0.1) is 0 Å². The van der Waals surface area contributed by atoms with Gasteiger partial charge in [-0.1, -0.05) is 35.9 Å². The summed E-state index contributed by atoms with van der Waals surface area (Å²) < 4.78 is 5.45. The molecule has 0 spiro atoms. The lowest BCUT2D eigenvalue weighted by atomic mass is 9.94. The molecule has 0 saturated heterocycles. The van der Waals surface area contributed by atoms with Gasteiger partial charge in [0.25, 0.3) is 5.91 Å². The number of hydrogen-bond donors (Lipinski definition) is 1. The average molecular weight is 346 g/mol. The highest BCUT2D eigenvalue weighted by Crippen LogP contribution is 2.24. The zero-order chi connectivity index (χ0) is 17.1. The maximum absolute atomic E-state index is 12.5. The van der Waals surface area contributed by atoms with Crippen molar-refractivity contribution in [3.8, 4) is 5.75 Å². The maximum Gasteiger partial charge on any atom is 0.326 e. The highest BCUT2D eigenvalue weighted by molar-refractivity contribution is 6.30. The highest BCUT2D eigenvalue weighted by Gasteiger charge is 2.34. The number of nitrogens with zero attached hydrogens (tertiary/aromatic N) is 1. The standard InChI is InChI=1S/C18H16ClNO4/c19-14-5-7-15(8-6-14)24-11-17(21)20-10-13-4-2-1-3-12(13)9-16(20)18(22)23/h1-8,16H,9-11H2,(H,22,23)/t16-/m1/s1. The van der Waals surface area contributed by atoms with Crippen LogP contribution in [-0.2, 0) is 22.6 Å². The second kappa shape index (κ2) is 6.93. The Morgan fingerprint density at radius 3 is 2.46 bits per heavy atom. The van der Waals surface area contributed by atoms with Crippen LogP contribution in [0.25, 0.3) is 0 Å². The number of ether oxygens (including phenoxy) is 1. The van der Waals surface area contributed by atoms with E-state index in [1.165, 1.54) is 4.90 Å². The van der Waals surface area contributed by atoms with Crippen LogP contribution in [0.4, 0.5) is 0 Å². The molecule has 3 rings (SSSR count). The molecular weight excluding hydrogens is 330 g/mol. The van der Waals surface area contributed by atoms with Crippen molar-refractivity contribution in [2.24, 2.45) is 0 Å². The molecule has 0 radical (unpaired) electrons. The number of carboxylic acids is 1. The number of carbonyl (C=O) groups excluding carboxylic acids is 1. The van der Waals surface area contributed by atoms with Gasteiger partial charge in [-0.3, -0.25) is 4.79 Å². The fourth-order valence-corrected chi connectivity index (χ4v) is 2.89. The van der Waals surface area contributed by atoms with Gasteiger partial charge in [-0.2, -0.15) is 0 Å². The van der Waals surface area contributed by atoms with Gasteiger partial charge >= 0.3 is 5.97 Å². The van der Waals surface area contributed by atoms with Crippen molar-refractivity contribution in [2.75, 3.05) is 6.61 Å². The molecule has 0 fully saturated rings. The number of halogens is 1. The first-order valence-corrected chi connectivity index (χ1v) is 7.90. The summed E-state index contributed by atoms with van der Waals surface area (Å²) in [6.07, 6.45) is 0.304. The quantitative estimate of drug-likeness (QED) is 0.925. The molecule has 1 N–H and O–H groups in total. The molecular formula is C18H16ClNO4. The van der Waals surface area contributed by atoms with Gasteiger partial charge in [0.15, 0.2) is 6.61 Å². The summed E-state index contributed by atoms with van der Waals surface area (Å²) in [5.41, 5.74) is 1.93. The molecule has 0 aromatic heterocycles. The van der Waals surface area contributed by atoms with Crippen LogP contribution in [0.3, 0.4) is 0 Å². The first kappa shape index (κ1) is 16.3. The van der Waals surface area contributed by atoms with Gasteiger partial charge in [-0.15, -0.1) is 0 Å². The molecule has 1 heterocycles. The molecule has 6 heteroatoms. The third kappa shape index (κ3) is 3.51. The minimum atomic E-state index is -1.01. The Bertz CT molecular complexity index is 760. The van der Waals surface area contributed by atoms with Gasteiger partial charge in [-0.05, 0) is 35.4 Å². The minimum Gasteiger partial charge on any atom is -0.484 e. The van der Waals surface area contributed by atoms with E-state index in [1.807, 2.05) is 24.3 Å². The fraction of sp³-hybridized carbons (Fsp3) is 0.222. The van der Waals surface area contributed by atoms with E-state index < -0.39 is 12.0 Å². The second-order valence-electron chi connectivity index (χ2n) is 5.59. The Hall–Kier alpha value is -2.53. The molecule has 0 saturated carbocycles. The molecule has 1 atom stereocenters. The third-order valence-electron chi connectivity index (χ3n) is 4.03. The highest BCUT2D eigenvalue weighted by atomic mass is 35.5. The van der Waals surface area contributed by atoms with Crippen LogP contribution in [0.1, 0.15) is 11.1 Å². The summed E-state index contributed by atoms with van der Waals surface area (Å²) in [5, 5.41) is 10.0. The van der Waals surface area contributed by atoms with Crippen molar-refractivity contribution in [1.29, 1.82) is 0 Å². The predicted molar refractivity (Wildman–Crippen MR) is 89.1 cm³/mol. The molecule has 1 aliphatic heterocycles. The SMILES string of the molecule is O=C(O)[C@H]1Cc2ccccc2CN1C(=O)COc1ccc(Cl)cc1. The Morgan fingerprint density at radius 2 is 1.79 bits per heavy atom. The molecule has 1 aliphatic rings. The van der Waals surface area contributed by atoms with Crippen LogP contribution in [0.5, 0.6) is 5.75 Å². The topological polar surface area (TPSA) is 66.8 Å². The van der Waals surface area contributed by atoms with E-state index in [9.17, 15) is 14.7 Å². The molecule has 5 nitrogen and oxygen atoms in total. The van der Waals surface area contributed by atoms with Crippen LogP contribution >= 0.6 is 11.6 Å². The van der Waals surface area contributed by atoms with Crippen molar-refractivity contribution in [3.05, 3.63) is 64.7 Å². The molecule has 0 aliphatic carbocycles. The monoisotopic (exact) mass is 345 g/mol. The normalized spacial score (nSPS) is 16.4. The van der Waals surface area contributed by atoms with Crippen LogP contribution in [0.2, 0.25) is 5.02 Å². The summed E-state index contributed by atoms with van der Waals surface area (Å²) in [5.74, 6) is -0.853. The Balaban J connectivity index is 1.72. The fourth-order valence-electron chi connectivity index (χ4n) is 2.76. The van der Waals surface area contributed by atoms with E-state index >= 15 is 0 Å². The van der Waals surface area contributed by atoms with Gasteiger partial charge in [0.1, 0.15) is 11.8 Å². The lowest BCUT2D eigenvalue weighted by molar-refractivity contribution is -0.152. The largest absolute Gasteiger partial charge is 0.484 e. The number of rotatable bonds is 4. The number of carbonyl (C=O) groups is 2. The summed E-state index contributed by atoms with van der Waals surface area (Å²) >= 11 is 5.80. The van der Waals surface area contributed by atoms with E-state index in [2.05, 4.69) is 0 Å². The van der Waals surface area contributed by atoms with Gasteiger partial charge in [0.2, 0.25) is 0 Å². The predicted octanol–water partition coefficient (Wildman–Crippen LogP) is 2.76. The number of carboxylic acid groups (broad SMARTS) is 1. The number of fused-ring (bicyclic) bond motifs is 1. The van der Waals surface area contributed by atoms with Gasteiger partial charge < -0.3 is 14.7 Å². The molecule has 24 heavy (non-hydrogen) atoms. The summed E-state index contributed by atoms with van der Waals surface area (Å²) in [6.45, 7) is 0.0591. The van der Waals surface area contributed by atoms with E-state index in [1.54, 1.807) is 24.3 Å².